The van der Waals surface area contributed by atoms with Crippen LogP contribution in [0.3, 0.4) is 0 Å². The number of hydrogen-bond acceptors (Lipinski definition) is 3. The van der Waals surface area contributed by atoms with Crippen molar-refractivity contribution in [3.8, 4) is 0 Å². The van der Waals surface area contributed by atoms with E-state index < -0.39 is 22.8 Å². The first-order chi connectivity index (χ1) is 8.99. The van der Waals surface area contributed by atoms with Crippen molar-refractivity contribution in [3.63, 3.8) is 0 Å². The number of amides is 2. The number of carbonyl (C=O) groups is 2. The highest BCUT2D eigenvalue weighted by Crippen LogP contribution is 2.24. The summed E-state index contributed by atoms with van der Waals surface area (Å²) in [5.41, 5.74) is 0. The van der Waals surface area contributed by atoms with E-state index in [-0.39, 0.29) is 18.0 Å². The number of nitrogens with zero attached hydrogens (tertiary/aromatic N) is 1. The fourth-order valence-electron chi connectivity index (χ4n) is 2.75. The molecule has 2 amide bonds. The Balaban J connectivity index is 1.92. The van der Waals surface area contributed by atoms with Gasteiger partial charge in [0.05, 0.1) is 0 Å². The Kier molecular flexibility index (Phi) is 4.44. The fourth-order valence-corrected chi connectivity index (χ4v) is 4.05. The van der Waals surface area contributed by atoms with Crippen LogP contribution in [0.5, 0.6) is 0 Å². The highest BCUT2D eigenvalue weighted by molar-refractivity contribution is 7.85. The van der Waals surface area contributed by atoms with Crippen LogP contribution in [0.15, 0.2) is 0 Å². The average molecular weight is 288 g/mol. The summed E-state index contributed by atoms with van der Waals surface area (Å²) in [6, 6.07) is -0.997. The van der Waals surface area contributed by atoms with Crippen LogP contribution >= 0.6 is 0 Å². The molecule has 19 heavy (non-hydrogen) atoms. The molecule has 0 saturated carbocycles. The largest absolute Gasteiger partial charge is 0.480 e. The molecule has 0 bridgehead atoms. The molecule has 2 heterocycles. The van der Waals surface area contributed by atoms with Crippen LogP contribution in [0.2, 0.25) is 0 Å². The molecule has 0 spiro atoms. The van der Waals surface area contributed by atoms with Crippen LogP contribution in [0.4, 0.5) is 4.79 Å². The van der Waals surface area contributed by atoms with Gasteiger partial charge in [0.15, 0.2) is 0 Å². The van der Waals surface area contributed by atoms with E-state index >= 15 is 0 Å². The van der Waals surface area contributed by atoms with Crippen molar-refractivity contribution in [3.05, 3.63) is 0 Å². The van der Waals surface area contributed by atoms with Crippen LogP contribution in [-0.4, -0.2) is 56.3 Å². The smallest absolute Gasteiger partial charge is 0.326 e. The second-order valence-corrected chi connectivity index (χ2v) is 7.01. The molecule has 0 aromatic carbocycles. The standard InChI is InChI=1S/C12H20N2O4S/c1-8-2-5-14(10(8)11(15)16)12(17)13-9-3-6-19(18)7-4-9/h8-10H,2-7H2,1H3,(H,13,17)(H,15,16). The van der Waals surface area contributed by atoms with Gasteiger partial charge in [0.1, 0.15) is 6.04 Å². The number of nitrogens with one attached hydrogen (secondary N) is 1. The Hall–Kier alpha value is -1.11. The highest BCUT2D eigenvalue weighted by atomic mass is 32.2. The molecule has 2 aliphatic heterocycles. The van der Waals surface area contributed by atoms with Gasteiger partial charge in [0, 0.05) is 34.9 Å². The first-order valence-electron chi connectivity index (χ1n) is 6.64. The summed E-state index contributed by atoms with van der Waals surface area (Å²) in [5.74, 6) is 0.278. The number of likely N-dealkylation sites (tertiary alicyclic amines) is 1. The lowest BCUT2D eigenvalue weighted by Gasteiger charge is -2.28. The molecule has 108 valence electrons. The molecule has 7 heteroatoms. The van der Waals surface area contributed by atoms with Crippen LogP contribution in [0.25, 0.3) is 0 Å². The Morgan fingerprint density at radius 2 is 1.89 bits per heavy atom. The van der Waals surface area contributed by atoms with Gasteiger partial charge in [0.25, 0.3) is 0 Å². The molecular formula is C12H20N2O4S. The van der Waals surface area contributed by atoms with E-state index in [1.54, 1.807) is 0 Å². The average Bonchev–Trinajstić information content (AvgIpc) is 2.74. The zero-order valence-corrected chi connectivity index (χ0v) is 11.8. The van der Waals surface area contributed by atoms with Crippen molar-refractivity contribution in [2.75, 3.05) is 18.1 Å². The molecule has 2 N–H and O–H groups in total. The van der Waals surface area contributed by atoms with Gasteiger partial charge in [-0.3, -0.25) is 4.21 Å². The number of rotatable bonds is 2. The number of carboxylic acid groups (broad SMARTS) is 1. The van der Waals surface area contributed by atoms with E-state index in [1.807, 2.05) is 6.92 Å². The molecule has 6 nitrogen and oxygen atoms in total. The van der Waals surface area contributed by atoms with Crippen LogP contribution in [-0.2, 0) is 15.6 Å². The molecule has 2 fully saturated rings. The molecule has 2 rings (SSSR count). The van der Waals surface area contributed by atoms with E-state index in [9.17, 15) is 18.9 Å². The van der Waals surface area contributed by atoms with E-state index in [4.69, 9.17) is 0 Å². The summed E-state index contributed by atoms with van der Waals surface area (Å²) < 4.78 is 11.2. The zero-order chi connectivity index (χ0) is 14.0. The Morgan fingerprint density at radius 1 is 1.26 bits per heavy atom. The van der Waals surface area contributed by atoms with Gasteiger partial charge in [-0.25, -0.2) is 9.59 Å². The summed E-state index contributed by atoms with van der Waals surface area (Å²) in [6.07, 6.45) is 2.14. The quantitative estimate of drug-likeness (QED) is 0.770. The van der Waals surface area contributed by atoms with Gasteiger partial charge in [-0.2, -0.15) is 0 Å². The van der Waals surface area contributed by atoms with Gasteiger partial charge in [-0.15, -0.1) is 0 Å². The van der Waals surface area contributed by atoms with Gasteiger partial charge < -0.3 is 15.3 Å². The van der Waals surface area contributed by atoms with Crippen LogP contribution in [0, 0.1) is 5.92 Å². The van der Waals surface area contributed by atoms with Crippen molar-refractivity contribution in [2.45, 2.75) is 38.3 Å². The van der Waals surface area contributed by atoms with Crippen molar-refractivity contribution in [1.29, 1.82) is 0 Å². The number of hydrogen-bond donors (Lipinski definition) is 2. The van der Waals surface area contributed by atoms with Gasteiger partial charge in [0.2, 0.25) is 0 Å². The lowest BCUT2D eigenvalue weighted by Crippen LogP contribution is -2.51. The first-order valence-corrected chi connectivity index (χ1v) is 8.12. The first kappa shape index (κ1) is 14.3. The molecular weight excluding hydrogens is 268 g/mol. The predicted octanol–water partition coefficient (Wildman–Crippen LogP) is 0.402. The molecule has 0 radical (unpaired) electrons. The maximum absolute atomic E-state index is 12.1. The summed E-state index contributed by atoms with van der Waals surface area (Å²) in [4.78, 5) is 24.7. The van der Waals surface area contributed by atoms with Crippen LogP contribution < -0.4 is 5.32 Å². The SMILES string of the molecule is CC1CCN(C(=O)NC2CCS(=O)CC2)C1C(=O)O. The Bertz CT molecular complexity index is 391. The molecule has 2 unspecified atom stereocenters. The van der Waals surface area contributed by atoms with Crippen molar-refractivity contribution in [1.82, 2.24) is 10.2 Å². The summed E-state index contributed by atoms with van der Waals surface area (Å²) >= 11 is 0. The summed E-state index contributed by atoms with van der Waals surface area (Å²) in [7, 11) is -0.757. The summed E-state index contributed by atoms with van der Waals surface area (Å²) in [6.45, 7) is 2.35. The number of carbonyl (C=O) groups excluding carboxylic acids is 1. The monoisotopic (exact) mass is 288 g/mol. The third-order valence-corrected chi connectivity index (χ3v) is 5.31. The molecule has 2 atom stereocenters. The van der Waals surface area contributed by atoms with Crippen molar-refractivity contribution in [2.24, 2.45) is 5.92 Å². The maximum atomic E-state index is 12.1. The lowest BCUT2D eigenvalue weighted by molar-refractivity contribution is -0.142. The normalized spacial score (nSPS) is 35.1. The Labute approximate surface area is 115 Å². The topological polar surface area (TPSA) is 86.7 Å². The zero-order valence-electron chi connectivity index (χ0n) is 11.0. The van der Waals surface area contributed by atoms with E-state index in [2.05, 4.69) is 5.32 Å². The highest BCUT2D eigenvalue weighted by Gasteiger charge is 2.40. The van der Waals surface area contributed by atoms with E-state index in [1.165, 1.54) is 4.90 Å². The van der Waals surface area contributed by atoms with Crippen LogP contribution in [0.1, 0.15) is 26.2 Å². The lowest BCUT2D eigenvalue weighted by atomic mass is 10.0. The third-order valence-electron chi connectivity index (χ3n) is 3.93. The van der Waals surface area contributed by atoms with E-state index in [0.29, 0.717) is 30.9 Å². The van der Waals surface area contributed by atoms with Crippen molar-refractivity contribution < 1.29 is 18.9 Å². The minimum atomic E-state index is -0.940. The van der Waals surface area contributed by atoms with Gasteiger partial charge >= 0.3 is 12.0 Å². The van der Waals surface area contributed by atoms with Crippen molar-refractivity contribution >= 4 is 22.8 Å². The second kappa shape index (κ2) is 5.90. The molecule has 0 aliphatic carbocycles. The molecule has 0 aromatic rings. The minimum Gasteiger partial charge on any atom is -0.480 e. The predicted molar refractivity (Wildman–Crippen MR) is 71.3 cm³/mol. The maximum Gasteiger partial charge on any atom is 0.326 e. The van der Waals surface area contributed by atoms with Gasteiger partial charge in [-0.1, -0.05) is 6.92 Å². The molecule has 2 saturated heterocycles. The third kappa shape index (κ3) is 3.26. The van der Waals surface area contributed by atoms with Gasteiger partial charge in [-0.05, 0) is 25.2 Å². The number of urea groups is 1. The summed E-state index contributed by atoms with van der Waals surface area (Å²) in [5, 5.41) is 12.1. The molecule has 2 aliphatic rings. The Morgan fingerprint density at radius 3 is 2.47 bits per heavy atom. The minimum absolute atomic E-state index is 0.0119. The van der Waals surface area contributed by atoms with E-state index in [0.717, 1.165) is 6.42 Å². The second-order valence-electron chi connectivity index (χ2n) is 5.31. The fraction of sp³-hybridized carbons (Fsp3) is 0.833. The molecule has 0 aromatic heterocycles. The number of aliphatic carboxylic acids is 1. The number of carboxylic acids is 1.